The van der Waals surface area contributed by atoms with Gasteiger partial charge in [0.05, 0.1) is 16.0 Å². The summed E-state index contributed by atoms with van der Waals surface area (Å²) >= 11 is 0. The Morgan fingerprint density at radius 2 is 0.780 bits per heavy atom. The van der Waals surface area contributed by atoms with Crippen molar-refractivity contribution < 1.29 is 61.6 Å². The molecule has 0 fully saturated rings. The Hall–Kier alpha value is -1.45. The summed E-state index contributed by atoms with van der Waals surface area (Å²) in [5.41, 5.74) is -0.879. The maximum absolute atomic E-state index is 13.0. The quantitative estimate of drug-likeness (QED) is 0.0212. The van der Waals surface area contributed by atoms with E-state index in [2.05, 4.69) is 13.8 Å². The molecule has 9 heteroatoms. The summed E-state index contributed by atoms with van der Waals surface area (Å²) in [5, 5.41) is 0. The summed E-state index contributed by atoms with van der Waals surface area (Å²) in [6.07, 6.45) is 51.4. The van der Waals surface area contributed by atoms with Crippen LogP contribution < -0.4 is 29.6 Å². The number of benzene rings is 1. The first-order chi connectivity index (χ1) is 28.3. The minimum absolute atomic E-state index is 0. The molecule has 0 unspecified atom stereocenters. The molecule has 0 amide bonds. The van der Waals surface area contributed by atoms with Gasteiger partial charge in [0.15, 0.2) is 0 Å². The van der Waals surface area contributed by atoms with E-state index in [-0.39, 0.29) is 48.3 Å². The minimum atomic E-state index is -5.04. The molecule has 59 heavy (non-hydrogen) atoms. The van der Waals surface area contributed by atoms with Gasteiger partial charge >= 0.3 is 41.5 Å². The SMILES string of the molecule is CCCCCCCCCCCCCCCCCC/C=C/COC(=O)c1cccc(S(=O)(=O)[O-])c1C(=O)OC/C=C/CCCCCCCCCCCCCCCCCC.[Na+]. The van der Waals surface area contributed by atoms with Gasteiger partial charge in [0, 0.05) is 0 Å². The monoisotopic (exact) mass is 853 g/mol. The normalized spacial score (nSPS) is 11.7. The summed E-state index contributed by atoms with van der Waals surface area (Å²) < 4.78 is 46.6. The van der Waals surface area contributed by atoms with Crippen molar-refractivity contribution in [1.82, 2.24) is 0 Å². The molecule has 0 saturated carbocycles. The van der Waals surface area contributed by atoms with Crippen LogP contribution in [0.15, 0.2) is 47.4 Å². The first kappa shape index (κ1) is 57.5. The molecular formula is C50H85NaO7S. The Labute approximate surface area is 385 Å². The van der Waals surface area contributed by atoms with Gasteiger partial charge in [0.1, 0.15) is 23.3 Å². The molecule has 1 aromatic rings. The zero-order valence-corrected chi connectivity index (χ0v) is 41.1. The van der Waals surface area contributed by atoms with Crippen LogP contribution >= 0.6 is 0 Å². The molecule has 0 bridgehead atoms. The molecule has 0 aliphatic rings. The average molecular weight is 853 g/mol. The summed E-state index contributed by atoms with van der Waals surface area (Å²) in [6.45, 7) is 4.41. The van der Waals surface area contributed by atoms with Crippen molar-refractivity contribution >= 4 is 22.1 Å². The van der Waals surface area contributed by atoms with Gasteiger partial charge in [-0.25, -0.2) is 18.0 Å². The standard InChI is InChI=1S/C50H86O7S.Na/c1-3-5-7-9-11-13-15-17-19-21-23-25-27-29-31-33-35-37-39-44-56-49(51)46-42-41-43-47(58(53,54)55)48(46)50(52)57-45-40-38-36-34-32-30-28-26-24-22-20-18-16-14-12-10-8-6-4-2;/h37-43H,3-36,44-45H2,1-2H3,(H,53,54,55);/q;+1/p-1/b39-37+,40-38+;. The maximum atomic E-state index is 13.0. The summed E-state index contributed by atoms with van der Waals surface area (Å²) in [5.74, 6) is -1.93. The van der Waals surface area contributed by atoms with Crippen LogP contribution in [0, 0.1) is 0 Å². The third kappa shape index (κ3) is 33.8. The molecule has 0 atom stereocenters. The fraction of sp³-hybridized carbons (Fsp3) is 0.760. The Balaban J connectivity index is 0.0000336. The molecule has 0 radical (unpaired) electrons. The Morgan fingerprint density at radius 1 is 0.475 bits per heavy atom. The van der Waals surface area contributed by atoms with Gasteiger partial charge in [0.25, 0.3) is 0 Å². The van der Waals surface area contributed by atoms with E-state index in [1.807, 2.05) is 12.2 Å². The third-order valence-corrected chi connectivity index (χ3v) is 12.0. The van der Waals surface area contributed by atoms with Crippen LogP contribution in [-0.4, -0.2) is 38.1 Å². The summed E-state index contributed by atoms with van der Waals surface area (Å²) in [4.78, 5) is 25.1. The number of rotatable bonds is 41. The van der Waals surface area contributed by atoms with E-state index in [1.54, 1.807) is 12.2 Å². The minimum Gasteiger partial charge on any atom is -0.744 e. The van der Waals surface area contributed by atoms with Crippen molar-refractivity contribution in [2.24, 2.45) is 0 Å². The van der Waals surface area contributed by atoms with Crippen LogP contribution in [-0.2, 0) is 19.6 Å². The fourth-order valence-electron chi connectivity index (χ4n) is 7.51. The molecule has 334 valence electrons. The van der Waals surface area contributed by atoms with Gasteiger partial charge in [-0.15, -0.1) is 0 Å². The van der Waals surface area contributed by atoms with Gasteiger partial charge in [-0.2, -0.15) is 0 Å². The molecular weight excluding hydrogens is 768 g/mol. The van der Waals surface area contributed by atoms with E-state index in [0.29, 0.717) is 0 Å². The van der Waals surface area contributed by atoms with Crippen molar-refractivity contribution in [1.29, 1.82) is 0 Å². The Bertz CT molecular complexity index is 1310. The zero-order valence-electron chi connectivity index (χ0n) is 38.3. The molecule has 0 heterocycles. The molecule has 0 aliphatic heterocycles. The van der Waals surface area contributed by atoms with Gasteiger partial charge in [-0.3, -0.25) is 0 Å². The predicted octanol–water partition coefficient (Wildman–Crippen LogP) is 12.3. The molecule has 7 nitrogen and oxygen atoms in total. The van der Waals surface area contributed by atoms with E-state index < -0.39 is 32.5 Å². The van der Waals surface area contributed by atoms with Crippen LogP contribution in [0.25, 0.3) is 0 Å². The van der Waals surface area contributed by atoms with Gasteiger partial charge in [-0.05, 0) is 37.8 Å². The second-order valence-corrected chi connectivity index (χ2v) is 17.8. The second-order valence-electron chi connectivity index (χ2n) is 16.5. The molecule has 0 saturated heterocycles. The number of allylic oxidation sites excluding steroid dienone is 2. The van der Waals surface area contributed by atoms with Crippen LogP contribution in [0.4, 0.5) is 0 Å². The van der Waals surface area contributed by atoms with E-state index in [1.165, 1.54) is 198 Å². The van der Waals surface area contributed by atoms with E-state index in [4.69, 9.17) is 9.47 Å². The number of carbonyl (C=O) groups excluding carboxylic acids is 2. The molecule has 0 spiro atoms. The Morgan fingerprint density at radius 3 is 1.10 bits per heavy atom. The van der Waals surface area contributed by atoms with Crippen LogP contribution in [0.2, 0.25) is 0 Å². The molecule has 1 rings (SSSR count). The van der Waals surface area contributed by atoms with Crippen molar-refractivity contribution in [3.8, 4) is 0 Å². The van der Waals surface area contributed by atoms with Crippen molar-refractivity contribution in [2.75, 3.05) is 13.2 Å². The van der Waals surface area contributed by atoms with Crippen LogP contribution in [0.1, 0.15) is 253 Å². The van der Waals surface area contributed by atoms with E-state index in [9.17, 15) is 22.6 Å². The predicted molar refractivity (Wildman–Crippen MR) is 242 cm³/mol. The number of ether oxygens (including phenoxy) is 2. The fourth-order valence-corrected chi connectivity index (χ4v) is 8.20. The van der Waals surface area contributed by atoms with Crippen LogP contribution in [0.3, 0.4) is 0 Å². The topological polar surface area (TPSA) is 110 Å². The molecule has 0 aliphatic carbocycles. The molecule has 0 aromatic heterocycles. The average Bonchev–Trinajstić information content (AvgIpc) is 3.21. The van der Waals surface area contributed by atoms with Crippen molar-refractivity contribution in [3.05, 3.63) is 53.6 Å². The molecule has 1 aromatic carbocycles. The van der Waals surface area contributed by atoms with E-state index >= 15 is 0 Å². The number of carbonyl (C=O) groups is 2. The largest absolute Gasteiger partial charge is 1.00 e. The number of hydrogen-bond donors (Lipinski definition) is 0. The van der Waals surface area contributed by atoms with Crippen molar-refractivity contribution in [3.63, 3.8) is 0 Å². The number of unbranched alkanes of at least 4 members (excludes halogenated alkanes) is 32. The maximum Gasteiger partial charge on any atom is 1.00 e. The first-order valence-corrected chi connectivity index (χ1v) is 25.5. The first-order valence-electron chi connectivity index (χ1n) is 24.1. The second kappa shape index (κ2) is 41.9. The third-order valence-electron chi connectivity index (χ3n) is 11.1. The zero-order chi connectivity index (χ0) is 42.2. The van der Waals surface area contributed by atoms with Gasteiger partial charge < -0.3 is 14.0 Å². The Kier molecular flexibility index (Phi) is 40.9. The molecule has 0 N–H and O–H groups in total. The van der Waals surface area contributed by atoms with Crippen molar-refractivity contribution in [2.45, 2.75) is 237 Å². The smallest absolute Gasteiger partial charge is 0.744 e. The number of esters is 2. The van der Waals surface area contributed by atoms with Gasteiger partial charge in [-0.1, -0.05) is 237 Å². The van der Waals surface area contributed by atoms with Gasteiger partial charge in [0.2, 0.25) is 0 Å². The van der Waals surface area contributed by atoms with Crippen LogP contribution in [0.5, 0.6) is 0 Å². The summed E-state index contributed by atoms with van der Waals surface area (Å²) in [7, 11) is -5.04. The number of hydrogen-bond acceptors (Lipinski definition) is 7. The summed E-state index contributed by atoms with van der Waals surface area (Å²) in [6, 6.07) is 3.55. The van der Waals surface area contributed by atoms with E-state index in [0.717, 1.165) is 38.2 Å².